The number of rotatable bonds is 4. The number of carbonyl (C=O) groups excluding carboxylic acids is 2. The Morgan fingerprint density at radius 2 is 1.82 bits per heavy atom. The minimum absolute atomic E-state index is 0.256. The van der Waals surface area contributed by atoms with Gasteiger partial charge in [-0.15, -0.1) is 11.3 Å². The third-order valence-electron chi connectivity index (χ3n) is 6.41. The Morgan fingerprint density at radius 3 is 2.62 bits per heavy atom. The smallest absolute Gasteiger partial charge is 0.341 e. The van der Waals surface area contributed by atoms with Gasteiger partial charge in [0.05, 0.1) is 29.4 Å². The van der Waals surface area contributed by atoms with Gasteiger partial charge in [0, 0.05) is 15.8 Å². The van der Waals surface area contributed by atoms with Gasteiger partial charge in [0.2, 0.25) is 0 Å². The average molecular weight is 471 g/mol. The second kappa shape index (κ2) is 9.03. The first-order valence-electron chi connectivity index (χ1n) is 11.5. The molecule has 0 unspecified atom stereocenters. The fraction of sp³-hybridized carbons (Fsp3) is 0.250. The van der Waals surface area contributed by atoms with Gasteiger partial charge < -0.3 is 10.1 Å². The molecule has 172 valence electrons. The minimum Gasteiger partial charge on any atom is -0.465 e. The molecule has 0 saturated heterocycles. The van der Waals surface area contributed by atoms with E-state index in [1.807, 2.05) is 36.4 Å². The Labute approximate surface area is 202 Å². The number of amides is 1. The number of methoxy groups -OCH3 is 1. The van der Waals surface area contributed by atoms with Gasteiger partial charge in [0.25, 0.3) is 5.91 Å². The third-order valence-corrected chi connectivity index (χ3v) is 7.61. The van der Waals surface area contributed by atoms with Crippen LogP contribution in [0.25, 0.3) is 22.2 Å². The highest BCUT2D eigenvalue weighted by molar-refractivity contribution is 7.17. The number of benzene rings is 2. The summed E-state index contributed by atoms with van der Waals surface area (Å²) in [5.74, 6) is -0.654. The second-order valence-corrected chi connectivity index (χ2v) is 9.86. The van der Waals surface area contributed by atoms with E-state index in [0.29, 0.717) is 16.1 Å². The molecular weight excluding hydrogens is 444 g/mol. The van der Waals surface area contributed by atoms with Crippen molar-refractivity contribution in [3.05, 3.63) is 81.2 Å². The largest absolute Gasteiger partial charge is 0.465 e. The molecule has 0 fully saturated rings. The normalized spacial score (nSPS) is 12.9. The zero-order valence-corrected chi connectivity index (χ0v) is 20.3. The molecule has 5 nitrogen and oxygen atoms in total. The topological polar surface area (TPSA) is 68.3 Å². The van der Waals surface area contributed by atoms with Gasteiger partial charge in [-0.3, -0.25) is 4.79 Å². The van der Waals surface area contributed by atoms with E-state index in [1.165, 1.54) is 24.0 Å². The lowest BCUT2D eigenvalue weighted by Crippen LogP contribution is -2.16. The van der Waals surface area contributed by atoms with Crippen molar-refractivity contribution in [2.24, 2.45) is 0 Å². The molecule has 1 N–H and O–H groups in total. The molecule has 2 heterocycles. The molecule has 5 rings (SSSR count). The van der Waals surface area contributed by atoms with E-state index in [9.17, 15) is 9.59 Å². The van der Waals surface area contributed by atoms with E-state index in [2.05, 4.69) is 31.3 Å². The predicted molar refractivity (Wildman–Crippen MR) is 137 cm³/mol. The van der Waals surface area contributed by atoms with Crippen LogP contribution in [0.1, 0.15) is 55.1 Å². The summed E-state index contributed by atoms with van der Waals surface area (Å²) in [6.45, 7) is 4.11. The van der Waals surface area contributed by atoms with Crippen molar-refractivity contribution >= 4 is 39.1 Å². The monoisotopic (exact) mass is 470 g/mol. The van der Waals surface area contributed by atoms with Crippen LogP contribution in [0.4, 0.5) is 5.00 Å². The van der Waals surface area contributed by atoms with Gasteiger partial charge in [-0.2, -0.15) is 0 Å². The maximum atomic E-state index is 13.6. The quantitative estimate of drug-likeness (QED) is 0.346. The fourth-order valence-corrected chi connectivity index (χ4v) is 6.02. The molecule has 6 heteroatoms. The Kier molecular flexibility index (Phi) is 5.92. The Hall–Kier alpha value is -3.51. The summed E-state index contributed by atoms with van der Waals surface area (Å²) in [4.78, 5) is 32.3. The minimum atomic E-state index is -0.398. The standard InChI is InChI=1S/C28H26N2O3S/c1-16-12-13-18(17(2)14-16)23-15-21(19-8-4-6-10-22(19)29-23)26(31)30-27-25(28(32)33-3)20-9-5-7-11-24(20)34-27/h4,6,8,10,12-15H,5,7,9,11H2,1-3H3,(H,30,31). The van der Waals surface area contributed by atoms with Crippen molar-refractivity contribution in [2.75, 3.05) is 12.4 Å². The lowest BCUT2D eigenvalue weighted by Gasteiger charge is -2.13. The molecule has 4 aromatic rings. The van der Waals surface area contributed by atoms with Crippen molar-refractivity contribution in [1.82, 2.24) is 4.98 Å². The average Bonchev–Trinajstić information content (AvgIpc) is 3.20. The van der Waals surface area contributed by atoms with Gasteiger partial charge in [0.15, 0.2) is 0 Å². The maximum absolute atomic E-state index is 13.6. The summed E-state index contributed by atoms with van der Waals surface area (Å²) >= 11 is 1.49. The van der Waals surface area contributed by atoms with Crippen molar-refractivity contribution in [3.8, 4) is 11.3 Å². The van der Waals surface area contributed by atoms with E-state index < -0.39 is 5.97 Å². The fourth-order valence-electron chi connectivity index (χ4n) is 4.74. The van der Waals surface area contributed by atoms with Crippen LogP contribution in [0.5, 0.6) is 0 Å². The summed E-state index contributed by atoms with van der Waals surface area (Å²) in [5, 5.41) is 4.38. The molecule has 0 atom stereocenters. The first-order chi connectivity index (χ1) is 16.5. The Morgan fingerprint density at radius 1 is 1.03 bits per heavy atom. The number of para-hydroxylation sites is 1. The first kappa shape index (κ1) is 22.3. The van der Waals surface area contributed by atoms with Crippen molar-refractivity contribution in [1.29, 1.82) is 0 Å². The lowest BCUT2D eigenvalue weighted by molar-refractivity contribution is 0.0601. The molecular formula is C28H26N2O3S. The van der Waals surface area contributed by atoms with Crippen molar-refractivity contribution < 1.29 is 14.3 Å². The van der Waals surface area contributed by atoms with Crippen LogP contribution in [0, 0.1) is 13.8 Å². The van der Waals surface area contributed by atoms with E-state index in [4.69, 9.17) is 9.72 Å². The van der Waals surface area contributed by atoms with Gasteiger partial charge >= 0.3 is 5.97 Å². The molecule has 34 heavy (non-hydrogen) atoms. The Bertz CT molecular complexity index is 1440. The number of aromatic nitrogens is 1. The molecule has 2 aromatic heterocycles. The van der Waals surface area contributed by atoms with Crippen LogP contribution in [0.15, 0.2) is 48.5 Å². The van der Waals surface area contributed by atoms with Gasteiger partial charge in [-0.1, -0.05) is 42.0 Å². The number of ether oxygens (including phenoxy) is 1. The number of nitrogens with one attached hydrogen (secondary N) is 1. The van der Waals surface area contributed by atoms with Crippen molar-refractivity contribution in [2.45, 2.75) is 39.5 Å². The zero-order valence-electron chi connectivity index (χ0n) is 19.5. The number of anilines is 1. The lowest BCUT2D eigenvalue weighted by atomic mass is 9.95. The van der Waals surface area contributed by atoms with Crippen molar-refractivity contribution in [3.63, 3.8) is 0 Å². The molecule has 0 aliphatic heterocycles. The number of carbonyl (C=O) groups is 2. The van der Waals surface area contributed by atoms with Crippen LogP contribution in [0.3, 0.4) is 0 Å². The highest BCUT2D eigenvalue weighted by Gasteiger charge is 2.27. The molecule has 1 aliphatic rings. The van der Waals surface area contributed by atoms with E-state index in [0.717, 1.165) is 63.8 Å². The van der Waals surface area contributed by atoms with Crippen LogP contribution < -0.4 is 5.32 Å². The predicted octanol–water partition coefficient (Wildman–Crippen LogP) is 6.50. The van der Waals surface area contributed by atoms with Crippen LogP contribution in [-0.4, -0.2) is 24.0 Å². The second-order valence-electron chi connectivity index (χ2n) is 8.75. The molecule has 1 aliphatic carbocycles. The number of nitrogens with zero attached hydrogens (tertiary/aromatic N) is 1. The number of hydrogen-bond donors (Lipinski definition) is 1. The van der Waals surface area contributed by atoms with E-state index >= 15 is 0 Å². The van der Waals surface area contributed by atoms with Gasteiger partial charge in [-0.05, 0) is 62.8 Å². The SMILES string of the molecule is COC(=O)c1c(NC(=O)c2cc(-c3ccc(C)cc3C)nc3ccccc23)sc2c1CCCC2. The maximum Gasteiger partial charge on any atom is 0.341 e. The summed E-state index contributed by atoms with van der Waals surface area (Å²) in [5.41, 5.74) is 6.83. The van der Waals surface area contributed by atoms with Gasteiger partial charge in [-0.25, -0.2) is 9.78 Å². The van der Waals surface area contributed by atoms with E-state index in [-0.39, 0.29) is 5.91 Å². The number of thiophene rings is 1. The van der Waals surface area contributed by atoms with Crippen LogP contribution >= 0.6 is 11.3 Å². The first-order valence-corrected chi connectivity index (χ1v) is 12.3. The molecule has 0 saturated carbocycles. The molecule has 0 spiro atoms. The van der Waals surface area contributed by atoms with Crippen LogP contribution in [0.2, 0.25) is 0 Å². The van der Waals surface area contributed by atoms with Gasteiger partial charge in [0.1, 0.15) is 5.00 Å². The summed E-state index contributed by atoms with van der Waals surface area (Å²) in [7, 11) is 1.38. The highest BCUT2D eigenvalue weighted by Crippen LogP contribution is 2.39. The van der Waals surface area contributed by atoms with Crippen LogP contribution in [-0.2, 0) is 17.6 Å². The Balaban J connectivity index is 1.60. The number of hydrogen-bond acceptors (Lipinski definition) is 5. The number of pyridine rings is 1. The summed E-state index contributed by atoms with van der Waals surface area (Å²) in [6.07, 6.45) is 3.89. The number of aryl methyl sites for hydroxylation is 3. The summed E-state index contributed by atoms with van der Waals surface area (Å²) in [6, 6.07) is 15.7. The zero-order chi connectivity index (χ0) is 23.8. The number of fused-ring (bicyclic) bond motifs is 2. The highest BCUT2D eigenvalue weighted by atomic mass is 32.1. The molecule has 2 aromatic carbocycles. The third kappa shape index (κ3) is 3.99. The molecule has 0 bridgehead atoms. The molecule has 1 amide bonds. The van der Waals surface area contributed by atoms with E-state index in [1.54, 1.807) is 0 Å². The molecule has 0 radical (unpaired) electrons. The number of esters is 1. The summed E-state index contributed by atoms with van der Waals surface area (Å²) < 4.78 is 5.07.